The Hall–Kier alpha value is -1.76. The Kier molecular flexibility index (Phi) is 6.28. The molecule has 4 saturated carbocycles. The van der Waals surface area contributed by atoms with Crippen molar-refractivity contribution in [1.29, 1.82) is 0 Å². The fourth-order valence-electron chi connectivity index (χ4n) is 6.11. The Morgan fingerprint density at radius 2 is 1.50 bits per heavy atom. The van der Waals surface area contributed by atoms with E-state index in [1.54, 1.807) is 0 Å². The number of halogens is 1. The molecule has 164 valence electrons. The second-order valence-electron chi connectivity index (χ2n) is 9.13. The maximum absolute atomic E-state index is 13.0. The predicted molar refractivity (Wildman–Crippen MR) is 117 cm³/mol. The fraction of sp³-hybridized carbons (Fsp3) is 0.652. The van der Waals surface area contributed by atoms with E-state index in [9.17, 15) is 9.59 Å². The van der Waals surface area contributed by atoms with Crippen LogP contribution in [0.1, 0.15) is 57.9 Å². The number of carbonyl (C=O) groups is 2. The summed E-state index contributed by atoms with van der Waals surface area (Å²) in [5, 5.41) is 0. The van der Waals surface area contributed by atoms with Crippen molar-refractivity contribution in [3.8, 4) is 11.5 Å². The van der Waals surface area contributed by atoms with Gasteiger partial charge in [-0.25, -0.2) is 0 Å². The molecule has 0 heterocycles. The first-order valence-electron chi connectivity index (χ1n) is 11.1. The molecule has 4 aliphatic carbocycles. The monoisotopic (exact) mass is 478 g/mol. The number of hydrazine groups is 1. The Bertz CT molecular complexity index is 790. The Morgan fingerprint density at radius 3 is 2.03 bits per heavy atom. The molecule has 2 N–H and O–H groups in total. The summed E-state index contributed by atoms with van der Waals surface area (Å²) in [6, 6.07) is 3.64. The van der Waals surface area contributed by atoms with Crippen LogP contribution in [0.15, 0.2) is 16.6 Å². The van der Waals surface area contributed by atoms with Crippen molar-refractivity contribution in [3.63, 3.8) is 0 Å². The number of hydrogen-bond acceptors (Lipinski definition) is 4. The third kappa shape index (κ3) is 4.32. The van der Waals surface area contributed by atoms with Gasteiger partial charge in [0.15, 0.2) is 11.5 Å². The first-order chi connectivity index (χ1) is 14.4. The van der Waals surface area contributed by atoms with Crippen molar-refractivity contribution < 1.29 is 19.1 Å². The van der Waals surface area contributed by atoms with Crippen LogP contribution in [0.3, 0.4) is 0 Å². The highest BCUT2D eigenvalue weighted by Crippen LogP contribution is 2.60. The average molecular weight is 479 g/mol. The van der Waals surface area contributed by atoms with E-state index in [4.69, 9.17) is 9.47 Å². The molecule has 0 unspecified atom stereocenters. The molecule has 0 aliphatic heterocycles. The SMILES string of the molecule is CCOc1cc(Br)c(CC(=O)NNC(=O)C23CC4CC(CC(C4)C2)C3)cc1OCC. The molecule has 0 radical (unpaired) electrons. The fourth-order valence-corrected chi connectivity index (χ4v) is 6.58. The summed E-state index contributed by atoms with van der Waals surface area (Å²) in [7, 11) is 0. The summed E-state index contributed by atoms with van der Waals surface area (Å²) < 4.78 is 12.0. The van der Waals surface area contributed by atoms with Gasteiger partial charge in [-0.15, -0.1) is 0 Å². The summed E-state index contributed by atoms with van der Waals surface area (Å²) in [4.78, 5) is 25.6. The van der Waals surface area contributed by atoms with Crippen molar-refractivity contribution in [2.75, 3.05) is 13.2 Å². The molecule has 1 aromatic carbocycles. The predicted octanol–water partition coefficient (Wildman–Crippen LogP) is 4.15. The van der Waals surface area contributed by atoms with Gasteiger partial charge in [-0.1, -0.05) is 15.9 Å². The van der Waals surface area contributed by atoms with E-state index in [1.807, 2.05) is 26.0 Å². The van der Waals surface area contributed by atoms with Crippen molar-refractivity contribution in [1.82, 2.24) is 10.9 Å². The number of amides is 2. The van der Waals surface area contributed by atoms with Crippen molar-refractivity contribution in [2.24, 2.45) is 23.2 Å². The second kappa shape index (κ2) is 8.77. The minimum atomic E-state index is -0.274. The highest BCUT2D eigenvalue weighted by molar-refractivity contribution is 9.10. The maximum Gasteiger partial charge on any atom is 0.244 e. The molecular weight excluding hydrogens is 448 g/mol. The van der Waals surface area contributed by atoms with Gasteiger partial charge >= 0.3 is 0 Å². The zero-order valence-corrected chi connectivity index (χ0v) is 19.3. The Labute approximate surface area is 186 Å². The van der Waals surface area contributed by atoms with Gasteiger partial charge in [0, 0.05) is 4.47 Å². The third-order valence-corrected chi connectivity index (χ3v) is 7.64. The minimum Gasteiger partial charge on any atom is -0.490 e. The van der Waals surface area contributed by atoms with Gasteiger partial charge in [0.05, 0.1) is 25.0 Å². The van der Waals surface area contributed by atoms with Crippen molar-refractivity contribution >= 4 is 27.7 Å². The van der Waals surface area contributed by atoms with E-state index < -0.39 is 0 Å². The van der Waals surface area contributed by atoms with Crippen molar-refractivity contribution in [3.05, 3.63) is 22.2 Å². The number of ether oxygens (including phenoxy) is 2. The normalized spacial score (nSPS) is 28.8. The number of carbonyl (C=O) groups excluding carboxylic acids is 2. The molecule has 4 bridgehead atoms. The van der Waals surface area contributed by atoms with E-state index >= 15 is 0 Å². The zero-order chi connectivity index (χ0) is 21.3. The third-order valence-electron chi connectivity index (χ3n) is 6.90. The Morgan fingerprint density at radius 1 is 0.967 bits per heavy atom. The molecule has 30 heavy (non-hydrogen) atoms. The lowest BCUT2D eigenvalue weighted by Gasteiger charge is -2.55. The van der Waals surface area contributed by atoms with Gasteiger partial charge < -0.3 is 9.47 Å². The van der Waals surface area contributed by atoms with E-state index in [-0.39, 0.29) is 23.7 Å². The highest BCUT2D eigenvalue weighted by atomic mass is 79.9. The molecule has 0 spiro atoms. The molecule has 0 atom stereocenters. The molecule has 4 aliphatic rings. The topological polar surface area (TPSA) is 76.7 Å². The van der Waals surface area contributed by atoms with Crippen LogP contribution >= 0.6 is 15.9 Å². The van der Waals surface area contributed by atoms with Crippen LogP contribution in [0, 0.1) is 23.2 Å². The molecule has 1 aromatic rings. The van der Waals surface area contributed by atoms with E-state index in [0.717, 1.165) is 29.3 Å². The standard InChI is InChI=1S/C23H31BrN2O4/c1-3-29-19-8-17(18(24)10-20(19)30-4-2)9-21(27)25-26-22(28)23-11-14-5-15(12-23)7-16(6-14)13-23/h8,10,14-16H,3-7,9,11-13H2,1-2H3,(H,25,27)(H,26,28). The van der Waals surface area contributed by atoms with Gasteiger partial charge in [-0.3, -0.25) is 20.4 Å². The summed E-state index contributed by atoms with van der Waals surface area (Å²) >= 11 is 3.52. The minimum absolute atomic E-state index is 0.00397. The van der Waals surface area contributed by atoms with Crippen molar-refractivity contribution in [2.45, 2.75) is 58.8 Å². The van der Waals surface area contributed by atoms with E-state index in [2.05, 4.69) is 26.8 Å². The number of hydrogen-bond donors (Lipinski definition) is 2. The van der Waals surface area contributed by atoms with Gasteiger partial charge in [0.1, 0.15) is 0 Å². The number of benzene rings is 1. The van der Waals surface area contributed by atoms with Crippen LogP contribution in [-0.2, 0) is 16.0 Å². The molecule has 0 aromatic heterocycles. The summed E-state index contributed by atoms with van der Waals surface area (Å²) in [5.74, 6) is 3.07. The van der Waals surface area contributed by atoms with Gasteiger partial charge in [-0.05, 0) is 87.8 Å². The summed E-state index contributed by atoms with van der Waals surface area (Å²) in [5.41, 5.74) is 5.89. The molecule has 4 fully saturated rings. The van der Waals surface area contributed by atoms with Crippen LogP contribution in [0.25, 0.3) is 0 Å². The Balaban J connectivity index is 1.37. The lowest BCUT2D eigenvalue weighted by molar-refractivity contribution is -0.148. The van der Waals surface area contributed by atoms with Gasteiger partial charge in [-0.2, -0.15) is 0 Å². The summed E-state index contributed by atoms with van der Waals surface area (Å²) in [6.45, 7) is 4.86. The van der Waals surface area contributed by atoms with Gasteiger partial charge in [0.2, 0.25) is 11.8 Å². The average Bonchev–Trinajstić information content (AvgIpc) is 2.69. The first-order valence-corrected chi connectivity index (χ1v) is 11.9. The number of nitrogens with one attached hydrogen (secondary N) is 2. The van der Waals surface area contributed by atoms with Crippen LogP contribution in [-0.4, -0.2) is 25.0 Å². The molecular formula is C23H31BrN2O4. The zero-order valence-electron chi connectivity index (χ0n) is 17.8. The molecule has 2 amide bonds. The second-order valence-corrected chi connectivity index (χ2v) is 9.99. The van der Waals surface area contributed by atoms with E-state index in [1.165, 1.54) is 19.3 Å². The highest BCUT2D eigenvalue weighted by Gasteiger charge is 2.54. The molecule has 0 saturated heterocycles. The first kappa shape index (κ1) is 21.5. The van der Waals surface area contributed by atoms with Crippen LogP contribution in [0.4, 0.5) is 0 Å². The summed E-state index contributed by atoms with van der Waals surface area (Å²) in [6.07, 6.45) is 6.91. The smallest absolute Gasteiger partial charge is 0.244 e. The van der Waals surface area contributed by atoms with Crippen LogP contribution in [0.5, 0.6) is 11.5 Å². The quantitative estimate of drug-likeness (QED) is 0.576. The largest absolute Gasteiger partial charge is 0.490 e. The van der Waals surface area contributed by atoms with E-state index in [0.29, 0.717) is 42.5 Å². The number of rotatable bonds is 7. The molecule has 6 nitrogen and oxygen atoms in total. The van der Waals surface area contributed by atoms with Crippen LogP contribution in [0.2, 0.25) is 0 Å². The molecule has 5 rings (SSSR count). The van der Waals surface area contributed by atoms with Crippen LogP contribution < -0.4 is 20.3 Å². The van der Waals surface area contributed by atoms with Gasteiger partial charge in [0.25, 0.3) is 0 Å². The maximum atomic E-state index is 13.0. The lowest BCUT2D eigenvalue weighted by Crippen LogP contribution is -2.56. The molecule has 7 heteroatoms. The lowest BCUT2D eigenvalue weighted by atomic mass is 9.49.